The lowest BCUT2D eigenvalue weighted by molar-refractivity contribution is 0.650. The quantitative estimate of drug-likeness (QED) is 0.856. The van der Waals surface area contributed by atoms with Crippen molar-refractivity contribution in [2.75, 3.05) is 0 Å². The summed E-state index contributed by atoms with van der Waals surface area (Å²) in [6, 6.07) is 5.88. The molecule has 1 aliphatic heterocycles. The highest BCUT2D eigenvalue weighted by Gasteiger charge is 2.25. The molecule has 0 unspecified atom stereocenters. The molecule has 0 N–H and O–H groups in total. The van der Waals surface area contributed by atoms with E-state index >= 15 is 0 Å². The van der Waals surface area contributed by atoms with Crippen molar-refractivity contribution < 1.29 is 4.21 Å². The summed E-state index contributed by atoms with van der Waals surface area (Å²) in [6.45, 7) is 6.59. The number of pyridine rings is 1. The molecule has 5 nitrogen and oxygen atoms in total. The first-order valence-electron chi connectivity index (χ1n) is 6.93. The van der Waals surface area contributed by atoms with Gasteiger partial charge in [-0.1, -0.05) is 0 Å². The van der Waals surface area contributed by atoms with Crippen molar-refractivity contribution in [1.29, 1.82) is 0 Å². The summed E-state index contributed by atoms with van der Waals surface area (Å²) >= 11 is 0. The van der Waals surface area contributed by atoms with E-state index in [2.05, 4.69) is 14.5 Å². The molecule has 0 bridgehead atoms. The Balaban J connectivity index is 1.95. The van der Waals surface area contributed by atoms with Crippen LogP contribution in [0.3, 0.4) is 0 Å². The second-order valence-corrected chi connectivity index (χ2v) is 7.93. The summed E-state index contributed by atoms with van der Waals surface area (Å²) in [7, 11) is -1.23. The predicted octanol–water partition coefficient (Wildman–Crippen LogP) is 2.60. The van der Waals surface area contributed by atoms with Crippen molar-refractivity contribution in [3.8, 4) is 11.3 Å². The Hall–Kier alpha value is -1.82. The molecule has 1 atom stereocenters. The summed E-state index contributed by atoms with van der Waals surface area (Å²) in [6.07, 6.45) is 4.30. The number of nitrogens with zero attached hydrogens (tertiary/aromatic N) is 4. The fraction of sp³-hybridized carbons (Fsp3) is 0.400. The first-order chi connectivity index (χ1) is 9.95. The Bertz CT molecular complexity index is 713. The lowest BCUT2D eigenvalue weighted by atomic mass is 10.1. The van der Waals surface area contributed by atoms with Crippen molar-refractivity contribution in [1.82, 2.24) is 14.8 Å². The molecule has 0 saturated heterocycles. The van der Waals surface area contributed by atoms with Gasteiger partial charge in [0.15, 0.2) is 0 Å². The van der Waals surface area contributed by atoms with E-state index in [-0.39, 0.29) is 4.75 Å². The third-order valence-electron chi connectivity index (χ3n) is 3.33. The molecule has 0 aliphatic carbocycles. The number of fused-ring (bicyclic) bond motifs is 1. The maximum atomic E-state index is 12.2. The van der Waals surface area contributed by atoms with Crippen LogP contribution in [-0.2, 0) is 17.5 Å². The molecule has 3 heterocycles. The van der Waals surface area contributed by atoms with E-state index in [0.29, 0.717) is 0 Å². The largest absolute Gasteiger partial charge is 0.265 e. The third kappa shape index (κ3) is 2.81. The zero-order valence-corrected chi connectivity index (χ0v) is 13.2. The highest BCUT2D eigenvalue weighted by Crippen LogP contribution is 2.24. The Kier molecular flexibility index (Phi) is 3.49. The van der Waals surface area contributed by atoms with Crippen LogP contribution >= 0.6 is 0 Å². The van der Waals surface area contributed by atoms with Crippen molar-refractivity contribution >= 4 is 16.7 Å². The number of hydrogen-bond donors (Lipinski definition) is 0. The van der Waals surface area contributed by atoms with Crippen LogP contribution in [0.4, 0.5) is 0 Å². The highest BCUT2D eigenvalue weighted by molar-refractivity contribution is 7.85. The zero-order chi connectivity index (χ0) is 15.0. The van der Waals surface area contributed by atoms with Gasteiger partial charge in [-0.25, -0.2) is 4.21 Å². The van der Waals surface area contributed by atoms with Gasteiger partial charge in [0, 0.05) is 30.9 Å². The molecule has 0 radical (unpaired) electrons. The first-order valence-corrected chi connectivity index (χ1v) is 8.04. The summed E-state index contributed by atoms with van der Waals surface area (Å²) < 4.78 is 18.2. The smallest absolute Gasteiger partial charge is 0.145 e. The van der Waals surface area contributed by atoms with Crippen molar-refractivity contribution in [2.24, 2.45) is 4.40 Å². The standard InChI is InChI=1S/C15H18N4OS/c1-15(2,3)21(20)18-12-6-9-19-14(12)10-13(17-19)11-4-7-16-8-5-11/h4-5,7-8,10H,6,9H2,1-3H3/b18-12+/t21-/m0/s1. The minimum Gasteiger partial charge on any atom is -0.265 e. The van der Waals surface area contributed by atoms with E-state index in [0.717, 1.165) is 35.6 Å². The fourth-order valence-corrected chi connectivity index (χ4v) is 2.81. The van der Waals surface area contributed by atoms with Gasteiger partial charge >= 0.3 is 0 Å². The van der Waals surface area contributed by atoms with Gasteiger partial charge < -0.3 is 0 Å². The molecule has 110 valence electrons. The lowest BCUT2D eigenvalue weighted by Gasteiger charge is -2.13. The topological polar surface area (TPSA) is 60.1 Å². The molecular formula is C15H18N4OS. The maximum absolute atomic E-state index is 12.2. The monoisotopic (exact) mass is 302 g/mol. The summed E-state index contributed by atoms with van der Waals surface area (Å²) in [5.41, 5.74) is 3.79. The number of rotatable bonds is 2. The Labute approximate surface area is 126 Å². The summed E-state index contributed by atoms with van der Waals surface area (Å²) in [5.74, 6) is 0. The van der Waals surface area contributed by atoms with Crippen molar-refractivity contribution in [3.63, 3.8) is 0 Å². The van der Waals surface area contributed by atoms with E-state index in [1.807, 2.05) is 43.7 Å². The van der Waals surface area contributed by atoms with Crippen LogP contribution in [0.1, 0.15) is 32.9 Å². The van der Waals surface area contributed by atoms with Gasteiger partial charge in [-0.2, -0.15) is 9.50 Å². The molecule has 6 heteroatoms. The van der Waals surface area contributed by atoms with Crippen LogP contribution < -0.4 is 0 Å². The van der Waals surface area contributed by atoms with E-state index < -0.39 is 11.0 Å². The second-order valence-electron chi connectivity index (χ2n) is 6.02. The van der Waals surface area contributed by atoms with Gasteiger partial charge in [0.05, 0.1) is 21.8 Å². The van der Waals surface area contributed by atoms with Gasteiger partial charge in [0.2, 0.25) is 0 Å². The number of aryl methyl sites for hydroxylation is 1. The third-order valence-corrected chi connectivity index (χ3v) is 4.76. The second kappa shape index (κ2) is 5.18. The molecule has 1 aliphatic rings. The Morgan fingerprint density at radius 2 is 2.00 bits per heavy atom. The molecule has 21 heavy (non-hydrogen) atoms. The Morgan fingerprint density at radius 3 is 2.67 bits per heavy atom. The normalized spacial score (nSPS) is 18.0. The predicted molar refractivity (Wildman–Crippen MR) is 84.5 cm³/mol. The molecule has 0 aromatic carbocycles. The Morgan fingerprint density at radius 1 is 1.29 bits per heavy atom. The lowest BCUT2D eigenvalue weighted by Crippen LogP contribution is -2.20. The molecule has 0 fully saturated rings. The molecule has 3 rings (SSSR count). The minimum atomic E-state index is -1.23. The zero-order valence-electron chi connectivity index (χ0n) is 12.4. The van der Waals surface area contributed by atoms with Gasteiger partial charge in [0.25, 0.3) is 0 Å². The highest BCUT2D eigenvalue weighted by atomic mass is 32.2. The van der Waals surface area contributed by atoms with E-state index in [1.165, 1.54) is 0 Å². The average Bonchev–Trinajstić information content (AvgIpc) is 3.01. The molecule has 0 saturated carbocycles. The maximum Gasteiger partial charge on any atom is 0.145 e. The van der Waals surface area contributed by atoms with Crippen LogP contribution in [0, 0.1) is 0 Å². The van der Waals surface area contributed by atoms with Gasteiger partial charge in [-0.15, -0.1) is 0 Å². The van der Waals surface area contributed by atoms with Gasteiger partial charge in [-0.05, 0) is 39.0 Å². The van der Waals surface area contributed by atoms with E-state index in [1.54, 1.807) is 12.4 Å². The van der Waals surface area contributed by atoms with Crippen molar-refractivity contribution in [3.05, 3.63) is 36.3 Å². The van der Waals surface area contributed by atoms with Gasteiger partial charge in [0.1, 0.15) is 11.0 Å². The molecule has 2 aromatic rings. The summed E-state index contributed by atoms with van der Waals surface area (Å²) in [4.78, 5) is 4.02. The van der Waals surface area contributed by atoms with Crippen molar-refractivity contribution in [2.45, 2.75) is 38.5 Å². The SMILES string of the molecule is CC(C)(C)[S@](=O)/N=C1\CCn2nc(-c3ccncc3)cc21. The molecule has 2 aromatic heterocycles. The average molecular weight is 302 g/mol. The molecule has 0 spiro atoms. The fourth-order valence-electron chi connectivity index (χ4n) is 2.15. The molecule has 0 amide bonds. The minimum absolute atomic E-state index is 0.339. The van der Waals surface area contributed by atoms with Crippen LogP contribution in [0.25, 0.3) is 11.3 Å². The first kappa shape index (κ1) is 14.1. The van der Waals surface area contributed by atoms with Crippen LogP contribution in [0.5, 0.6) is 0 Å². The van der Waals surface area contributed by atoms with E-state index in [9.17, 15) is 4.21 Å². The number of aromatic nitrogens is 3. The summed E-state index contributed by atoms with van der Waals surface area (Å²) in [5, 5.41) is 4.59. The molecular weight excluding hydrogens is 284 g/mol. The number of hydrogen-bond acceptors (Lipinski definition) is 3. The van der Waals surface area contributed by atoms with E-state index in [4.69, 9.17) is 0 Å². The van der Waals surface area contributed by atoms with Crippen LogP contribution in [0.2, 0.25) is 0 Å². The van der Waals surface area contributed by atoms with Gasteiger partial charge in [-0.3, -0.25) is 9.67 Å². The van der Waals surface area contributed by atoms with Crippen LogP contribution in [-0.4, -0.2) is 29.4 Å². The van der Waals surface area contributed by atoms with Crippen LogP contribution in [0.15, 0.2) is 35.0 Å².